The van der Waals surface area contributed by atoms with Gasteiger partial charge in [0.15, 0.2) is 5.96 Å². The number of benzene rings is 2. The normalized spacial score (nSPS) is 12.8. The fraction of sp³-hybridized carbons (Fsp3) is 0.350. The molecule has 0 saturated heterocycles. The van der Waals surface area contributed by atoms with Gasteiger partial charge < -0.3 is 20.5 Å². The number of aliphatic imine (C=N–C) groups is 1. The molecule has 0 aliphatic heterocycles. The average molecular weight is 523 g/mol. The summed E-state index contributed by atoms with van der Waals surface area (Å²) in [6.45, 7) is 2.34. The average Bonchev–Trinajstić information content (AvgIpc) is 2.66. The molecule has 0 heterocycles. The number of rotatable bonds is 8. The Balaban J connectivity index is 0.00000420. The lowest BCUT2D eigenvalue weighted by atomic mass is 10.2. The third kappa shape index (κ3) is 7.73. The molecule has 0 spiro atoms. The number of hydrogen-bond acceptors (Lipinski definition) is 3. The van der Waals surface area contributed by atoms with E-state index in [1.165, 1.54) is 18.2 Å². The van der Waals surface area contributed by atoms with Crippen LogP contribution in [-0.2, 0) is 17.5 Å². The van der Waals surface area contributed by atoms with Crippen molar-refractivity contribution in [2.75, 3.05) is 19.0 Å². The number of guanidine groups is 1. The molecule has 0 radical (unpaired) electrons. The molecule has 0 aromatic heterocycles. The molecule has 0 aliphatic rings. The maximum Gasteiger partial charge on any atom is 0.419 e. The van der Waals surface area contributed by atoms with E-state index in [1.54, 1.807) is 7.11 Å². The summed E-state index contributed by atoms with van der Waals surface area (Å²) in [5.74, 6) is -0.0660. The summed E-state index contributed by atoms with van der Waals surface area (Å²) in [6, 6.07) is 12.6. The second-order valence-corrected chi connectivity index (χ2v) is 6.08. The molecule has 2 aromatic rings. The number of hydrogen-bond donors (Lipinski definition) is 2. The van der Waals surface area contributed by atoms with E-state index in [-0.39, 0.29) is 42.2 Å². The first-order valence-electron chi connectivity index (χ1n) is 8.81. The summed E-state index contributed by atoms with van der Waals surface area (Å²) in [7, 11) is 1.59. The van der Waals surface area contributed by atoms with Crippen LogP contribution in [0.1, 0.15) is 24.5 Å². The molecule has 0 fully saturated rings. The molecule has 0 bridgehead atoms. The highest BCUT2D eigenvalue weighted by molar-refractivity contribution is 14.0. The van der Waals surface area contributed by atoms with Gasteiger partial charge in [0.05, 0.1) is 18.7 Å². The number of para-hydroxylation sites is 2. The first-order valence-corrected chi connectivity index (χ1v) is 8.81. The summed E-state index contributed by atoms with van der Waals surface area (Å²) in [6.07, 6.45) is -4.55. The molecule has 0 aliphatic carbocycles. The number of alkyl halides is 3. The number of methoxy groups -OCH3 is 1. The van der Waals surface area contributed by atoms with E-state index in [9.17, 15) is 13.2 Å². The Morgan fingerprint density at radius 2 is 1.79 bits per heavy atom. The van der Waals surface area contributed by atoms with Gasteiger partial charge in [0.1, 0.15) is 11.9 Å². The van der Waals surface area contributed by atoms with E-state index < -0.39 is 17.8 Å². The molecule has 29 heavy (non-hydrogen) atoms. The van der Waals surface area contributed by atoms with Crippen molar-refractivity contribution in [1.82, 2.24) is 0 Å². The van der Waals surface area contributed by atoms with Gasteiger partial charge in [0.25, 0.3) is 0 Å². The fourth-order valence-corrected chi connectivity index (χ4v) is 2.53. The molecule has 160 valence electrons. The molecule has 5 nitrogen and oxygen atoms in total. The molecule has 9 heteroatoms. The van der Waals surface area contributed by atoms with Crippen LogP contribution in [0.3, 0.4) is 0 Å². The minimum atomic E-state index is -4.48. The molecule has 1 unspecified atom stereocenters. The Kier molecular flexibility index (Phi) is 10.2. The van der Waals surface area contributed by atoms with Gasteiger partial charge in [-0.15, -0.1) is 24.0 Å². The van der Waals surface area contributed by atoms with Crippen molar-refractivity contribution < 1.29 is 22.6 Å². The van der Waals surface area contributed by atoms with E-state index in [1.807, 2.05) is 31.2 Å². The highest BCUT2D eigenvalue weighted by Gasteiger charge is 2.34. The third-order valence-corrected chi connectivity index (χ3v) is 3.99. The van der Waals surface area contributed by atoms with Crippen LogP contribution in [0.5, 0.6) is 5.75 Å². The fourth-order valence-electron chi connectivity index (χ4n) is 2.53. The summed E-state index contributed by atoms with van der Waals surface area (Å²) < 4.78 is 50.0. The third-order valence-electron chi connectivity index (χ3n) is 3.99. The Morgan fingerprint density at radius 1 is 1.14 bits per heavy atom. The lowest BCUT2D eigenvalue weighted by Gasteiger charge is -2.19. The van der Waals surface area contributed by atoms with Crippen molar-refractivity contribution in [3.8, 4) is 5.75 Å². The highest BCUT2D eigenvalue weighted by Crippen LogP contribution is 2.36. The van der Waals surface area contributed by atoms with E-state index in [0.717, 1.165) is 17.3 Å². The van der Waals surface area contributed by atoms with Gasteiger partial charge in [-0.1, -0.05) is 37.3 Å². The van der Waals surface area contributed by atoms with Gasteiger partial charge in [-0.05, 0) is 24.6 Å². The molecule has 2 rings (SSSR count). The maximum absolute atomic E-state index is 13.1. The van der Waals surface area contributed by atoms with E-state index in [4.69, 9.17) is 15.2 Å². The van der Waals surface area contributed by atoms with Crippen molar-refractivity contribution in [3.63, 3.8) is 0 Å². The summed E-state index contributed by atoms with van der Waals surface area (Å²) in [5.41, 5.74) is 6.78. The van der Waals surface area contributed by atoms with Crippen LogP contribution >= 0.6 is 24.0 Å². The Hall–Kier alpha value is -2.01. The number of halogens is 4. The zero-order valence-electron chi connectivity index (χ0n) is 16.2. The van der Waals surface area contributed by atoms with Crippen LogP contribution < -0.4 is 15.8 Å². The number of ether oxygens (including phenoxy) is 2. The maximum atomic E-state index is 13.1. The monoisotopic (exact) mass is 523 g/mol. The second kappa shape index (κ2) is 11.9. The minimum absolute atomic E-state index is 0. The zero-order valence-corrected chi connectivity index (χ0v) is 18.5. The summed E-state index contributed by atoms with van der Waals surface area (Å²) in [5, 5.41) is 2.99. The van der Waals surface area contributed by atoms with E-state index >= 15 is 0 Å². The van der Waals surface area contributed by atoms with Crippen LogP contribution in [0.2, 0.25) is 0 Å². The van der Waals surface area contributed by atoms with Gasteiger partial charge >= 0.3 is 6.18 Å². The molecule has 0 saturated carbocycles. The van der Waals surface area contributed by atoms with Gasteiger partial charge in [-0.3, -0.25) is 0 Å². The smallest absolute Gasteiger partial charge is 0.419 e. The molecular formula is C20H25F3IN3O2. The van der Waals surface area contributed by atoms with Crippen LogP contribution in [0.15, 0.2) is 53.5 Å². The molecule has 2 aromatic carbocycles. The Bertz CT molecular complexity index is 801. The standard InChI is InChI=1S/C20H24F3N3O2.HI/c1-3-15(28-18-11-7-5-9-16(18)20(21,22)23)12-25-19(24)26-17-10-6-4-8-14(17)13-27-2;/h4-11,15H,3,12-13H2,1-2H3,(H3,24,25,26);1H. The van der Waals surface area contributed by atoms with Crippen LogP contribution in [0.25, 0.3) is 0 Å². The number of nitrogens with two attached hydrogens (primary N) is 1. The summed E-state index contributed by atoms with van der Waals surface area (Å²) in [4.78, 5) is 4.22. The van der Waals surface area contributed by atoms with Crippen molar-refractivity contribution in [2.45, 2.75) is 32.2 Å². The van der Waals surface area contributed by atoms with Crippen LogP contribution in [0.4, 0.5) is 18.9 Å². The van der Waals surface area contributed by atoms with Gasteiger partial charge in [-0.2, -0.15) is 13.2 Å². The number of nitrogens with zero attached hydrogens (tertiary/aromatic N) is 1. The van der Waals surface area contributed by atoms with Gasteiger partial charge in [0, 0.05) is 18.4 Å². The van der Waals surface area contributed by atoms with Gasteiger partial charge in [-0.25, -0.2) is 4.99 Å². The SMILES string of the molecule is CCC(CN=C(N)Nc1ccccc1COC)Oc1ccccc1C(F)(F)F.I. The zero-order chi connectivity index (χ0) is 20.6. The lowest BCUT2D eigenvalue weighted by molar-refractivity contribution is -0.139. The predicted octanol–water partition coefficient (Wildman–Crippen LogP) is 5.05. The largest absolute Gasteiger partial charge is 0.488 e. The minimum Gasteiger partial charge on any atom is -0.488 e. The van der Waals surface area contributed by atoms with Crippen LogP contribution in [0, 0.1) is 0 Å². The van der Waals surface area contributed by atoms with Crippen molar-refractivity contribution in [2.24, 2.45) is 10.7 Å². The van der Waals surface area contributed by atoms with Crippen molar-refractivity contribution in [1.29, 1.82) is 0 Å². The summed E-state index contributed by atoms with van der Waals surface area (Å²) >= 11 is 0. The van der Waals surface area contributed by atoms with E-state index in [0.29, 0.717) is 13.0 Å². The first-order chi connectivity index (χ1) is 13.3. The Labute approximate surface area is 185 Å². The predicted molar refractivity (Wildman–Crippen MR) is 119 cm³/mol. The molecule has 3 N–H and O–H groups in total. The first kappa shape index (κ1) is 25.0. The molecule has 1 atom stereocenters. The second-order valence-electron chi connectivity index (χ2n) is 6.08. The van der Waals surface area contributed by atoms with E-state index in [2.05, 4.69) is 10.3 Å². The highest BCUT2D eigenvalue weighted by atomic mass is 127. The van der Waals surface area contributed by atoms with Crippen LogP contribution in [-0.4, -0.2) is 25.7 Å². The van der Waals surface area contributed by atoms with Gasteiger partial charge in [0.2, 0.25) is 0 Å². The van der Waals surface area contributed by atoms with Crippen molar-refractivity contribution in [3.05, 3.63) is 59.7 Å². The molecular weight excluding hydrogens is 498 g/mol. The quantitative estimate of drug-likeness (QED) is 0.289. The number of nitrogens with one attached hydrogen (secondary N) is 1. The Morgan fingerprint density at radius 3 is 2.45 bits per heavy atom. The van der Waals surface area contributed by atoms with Crippen molar-refractivity contribution >= 4 is 35.6 Å². The lowest BCUT2D eigenvalue weighted by Crippen LogP contribution is -2.27. The number of anilines is 1. The molecule has 0 amide bonds. The topological polar surface area (TPSA) is 68.9 Å².